The monoisotopic (exact) mass is 364 g/mol. The molecule has 7 nitrogen and oxygen atoms in total. The number of ether oxygens (including phenoxy) is 1. The van der Waals surface area contributed by atoms with Gasteiger partial charge in [0.2, 0.25) is 12.3 Å². The van der Waals surface area contributed by atoms with Crippen LogP contribution in [-0.2, 0) is 6.54 Å². The molecule has 0 saturated carbocycles. The molecule has 3 rings (SSSR count). The first-order valence-corrected chi connectivity index (χ1v) is 8.19. The fourth-order valence-corrected chi connectivity index (χ4v) is 2.37. The van der Waals surface area contributed by atoms with Crippen LogP contribution in [0.1, 0.15) is 26.5 Å². The Morgan fingerprint density at radius 1 is 1.15 bits per heavy atom. The van der Waals surface area contributed by atoms with Gasteiger partial charge in [0.15, 0.2) is 12.4 Å². The second-order valence-electron chi connectivity index (χ2n) is 5.63. The quantitative estimate of drug-likeness (QED) is 0.301. The molecule has 0 aliphatic carbocycles. The number of aromatic nitrogens is 1. The summed E-state index contributed by atoms with van der Waals surface area (Å²) >= 11 is 0. The molecule has 0 fully saturated rings. The number of nitrogens with zero attached hydrogens (tertiary/aromatic N) is 2. The van der Waals surface area contributed by atoms with Crippen LogP contribution in [0.4, 0.5) is 0 Å². The maximum absolute atomic E-state index is 12.4. The van der Waals surface area contributed by atoms with Crippen molar-refractivity contribution in [2.75, 3.05) is 7.11 Å². The molecular weight excluding hydrogens is 346 g/mol. The fourth-order valence-electron chi connectivity index (χ4n) is 2.37. The zero-order chi connectivity index (χ0) is 19.1. The zero-order valence-corrected chi connectivity index (χ0v) is 14.7. The Morgan fingerprint density at radius 3 is 2.67 bits per heavy atom. The van der Waals surface area contributed by atoms with E-state index in [0.717, 1.165) is 0 Å². The molecule has 1 aromatic carbocycles. The van der Waals surface area contributed by atoms with Gasteiger partial charge in [-0.3, -0.25) is 9.59 Å². The van der Waals surface area contributed by atoms with E-state index >= 15 is 0 Å². The number of benzene rings is 1. The van der Waals surface area contributed by atoms with Crippen molar-refractivity contribution in [3.8, 4) is 5.75 Å². The number of carbonyl (C=O) groups is 2. The topological polar surface area (TPSA) is 84.8 Å². The number of rotatable bonds is 7. The van der Waals surface area contributed by atoms with Gasteiger partial charge in [-0.15, -0.1) is 0 Å². The first-order chi connectivity index (χ1) is 13.2. The Kier molecular flexibility index (Phi) is 5.73. The molecule has 7 heteroatoms. The zero-order valence-electron chi connectivity index (χ0n) is 14.7. The number of amides is 1. The lowest BCUT2D eigenvalue weighted by Gasteiger charge is -2.02. The third-order valence-electron chi connectivity index (χ3n) is 3.76. The van der Waals surface area contributed by atoms with Gasteiger partial charge >= 0.3 is 0 Å². The number of hydrazone groups is 1. The minimum absolute atomic E-state index is 0.0731. The molecule has 1 N–H and O–H groups in total. The molecule has 0 aliphatic rings. The Morgan fingerprint density at radius 2 is 1.96 bits per heavy atom. The molecule has 0 spiro atoms. The number of ketones is 1. The molecule has 0 aliphatic heterocycles. The summed E-state index contributed by atoms with van der Waals surface area (Å²) in [6.45, 7) is 0.114. The number of methoxy groups -OCH3 is 1. The summed E-state index contributed by atoms with van der Waals surface area (Å²) in [5.41, 5.74) is 3.38. The second-order valence-corrected chi connectivity index (χ2v) is 5.63. The Balaban J connectivity index is 1.63. The number of nitrogens with one attached hydrogen (secondary N) is 1. The summed E-state index contributed by atoms with van der Waals surface area (Å²) in [5.74, 6) is 0.761. The van der Waals surface area contributed by atoms with Gasteiger partial charge in [0, 0.05) is 11.6 Å². The van der Waals surface area contributed by atoms with E-state index in [4.69, 9.17) is 9.15 Å². The van der Waals surface area contributed by atoms with Gasteiger partial charge in [-0.25, -0.2) is 5.43 Å². The third-order valence-corrected chi connectivity index (χ3v) is 3.76. The molecular formula is C20H18N3O4+. The minimum atomic E-state index is -0.385. The van der Waals surface area contributed by atoms with E-state index in [9.17, 15) is 9.59 Å². The predicted octanol–water partition coefficient (Wildman–Crippen LogP) is 2.22. The van der Waals surface area contributed by atoms with E-state index in [1.165, 1.54) is 12.5 Å². The number of pyridine rings is 1. The molecule has 3 aromatic rings. The molecule has 0 unspecified atom stereocenters. The van der Waals surface area contributed by atoms with Gasteiger partial charge in [0.1, 0.15) is 17.1 Å². The fraction of sp³-hybridized carbons (Fsp3) is 0.100. The lowest BCUT2D eigenvalue weighted by atomic mass is 10.1. The SMILES string of the molecule is COc1ccc(C(=O)C[n+]2cccc(C(=O)N/N=C\c3ccco3)c2)cc1. The predicted molar refractivity (Wildman–Crippen MR) is 97.7 cm³/mol. The van der Waals surface area contributed by atoms with Crippen molar-refractivity contribution in [2.24, 2.45) is 5.10 Å². The van der Waals surface area contributed by atoms with Crippen LogP contribution in [0.25, 0.3) is 0 Å². The lowest BCUT2D eigenvalue weighted by molar-refractivity contribution is -0.683. The Hall–Kier alpha value is -3.74. The molecule has 136 valence electrons. The van der Waals surface area contributed by atoms with Crippen LogP contribution in [0.5, 0.6) is 5.75 Å². The summed E-state index contributed by atoms with van der Waals surface area (Å²) in [7, 11) is 1.57. The lowest BCUT2D eigenvalue weighted by Crippen LogP contribution is -2.38. The first kappa shape index (κ1) is 18.1. The summed E-state index contributed by atoms with van der Waals surface area (Å²) in [6.07, 6.45) is 6.24. The molecule has 2 heterocycles. The summed E-state index contributed by atoms with van der Waals surface area (Å²) in [5, 5.41) is 3.84. The number of furan rings is 1. The van der Waals surface area contributed by atoms with E-state index in [-0.39, 0.29) is 18.2 Å². The molecule has 0 radical (unpaired) electrons. The van der Waals surface area contributed by atoms with Crippen molar-refractivity contribution in [3.63, 3.8) is 0 Å². The Labute approximate surface area is 155 Å². The number of Topliss-reactive ketones (excluding diaryl/α,β-unsaturated/α-hetero) is 1. The highest BCUT2D eigenvalue weighted by Crippen LogP contribution is 2.11. The van der Waals surface area contributed by atoms with Gasteiger partial charge in [-0.1, -0.05) is 0 Å². The average molecular weight is 364 g/mol. The van der Waals surface area contributed by atoms with Crippen LogP contribution in [-0.4, -0.2) is 25.0 Å². The van der Waals surface area contributed by atoms with Crippen LogP contribution in [0, 0.1) is 0 Å². The van der Waals surface area contributed by atoms with E-state index < -0.39 is 0 Å². The maximum Gasteiger partial charge on any atom is 0.277 e. The normalized spacial score (nSPS) is 10.7. The molecule has 0 saturated heterocycles. The van der Waals surface area contributed by atoms with Crippen LogP contribution in [0.15, 0.2) is 76.7 Å². The van der Waals surface area contributed by atoms with E-state index in [2.05, 4.69) is 10.5 Å². The summed E-state index contributed by atoms with van der Waals surface area (Å²) in [6, 6.07) is 13.7. The van der Waals surface area contributed by atoms with Gasteiger partial charge in [0.25, 0.3) is 5.91 Å². The van der Waals surface area contributed by atoms with Crippen LogP contribution < -0.4 is 14.7 Å². The Bertz CT molecular complexity index is 948. The van der Waals surface area contributed by atoms with Gasteiger partial charge in [-0.2, -0.15) is 9.67 Å². The van der Waals surface area contributed by atoms with Crippen LogP contribution >= 0.6 is 0 Å². The highest BCUT2D eigenvalue weighted by atomic mass is 16.5. The maximum atomic E-state index is 12.4. The minimum Gasteiger partial charge on any atom is -0.497 e. The van der Waals surface area contributed by atoms with Gasteiger partial charge in [0.05, 0.1) is 19.6 Å². The van der Waals surface area contributed by atoms with E-state index in [1.807, 2.05) is 0 Å². The molecule has 27 heavy (non-hydrogen) atoms. The van der Waals surface area contributed by atoms with Gasteiger partial charge < -0.3 is 9.15 Å². The highest BCUT2D eigenvalue weighted by molar-refractivity contribution is 5.95. The largest absolute Gasteiger partial charge is 0.497 e. The molecule has 0 atom stereocenters. The van der Waals surface area contributed by atoms with Crippen molar-refractivity contribution in [1.82, 2.24) is 5.43 Å². The van der Waals surface area contributed by atoms with Crippen molar-refractivity contribution in [2.45, 2.75) is 6.54 Å². The molecule has 0 bridgehead atoms. The first-order valence-electron chi connectivity index (χ1n) is 8.19. The van der Waals surface area contributed by atoms with Crippen molar-refractivity contribution >= 4 is 17.9 Å². The third kappa shape index (κ3) is 4.88. The van der Waals surface area contributed by atoms with Crippen LogP contribution in [0.2, 0.25) is 0 Å². The van der Waals surface area contributed by atoms with Crippen molar-refractivity contribution in [1.29, 1.82) is 0 Å². The summed E-state index contributed by atoms with van der Waals surface area (Å²) < 4.78 is 11.8. The smallest absolute Gasteiger partial charge is 0.277 e. The second kappa shape index (κ2) is 8.57. The summed E-state index contributed by atoms with van der Waals surface area (Å²) in [4.78, 5) is 24.6. The van der Waals surface area contributed by atoms with Crippen LogP contribution in [0.3, 0.4) is 0 Å². The number of carbonyl (C=O) groups excluding carboxylic acids is 2. The van der Waals surface area contributed by atoms with E-state index in [1.54, 1.807) is 72.6 Å². The van der Waals surface area contributed by atoms with Crippen molar-refractivity contribution < 1.29 is 23.3 Å². The standard InChI is InChI=1S/C20H17N3O4/c1-26-17-8-6-15(7-9-17)19(24)14-23-10-2-4-16(13-23)20(25)22-21-12-18-5-3-11-27-18/h2-13H,14H2,1H3/p+1/b21-12-. The number of hydrogen-bond donors (Lipinski definition) is 1. The highest BCUT2D eigenvalue weighted by Gasteiger charge is 2.15. The van der Waals surface area contributed by atoms with E-state index in [0.29, 0.717) is 22.6 Å². The van der Waals surface area contributed by atoms with Gasteiger partial charge in [-0.05, 0) is 42.5 Å². The molecule has 1 amide bonds. The van der Waals surface area contributed by atoms with Crippen molar-refractivity contribution in [3.05, 3.63) is 84.1 Å². The number of hydrogen-bond acceptors (Lipinski definition) is 5. The average Bonchev–Trinajstić information content (AvgIpc) is 3.21. The molecule has 2 aromatic heterocycles.